The highest BCUT2D eigenvalue weighted by molar-refractivity contribution is 7.09. The van der Waals surface area contributed by atoms with Crippen LogP contribution in [0.2, 0.25) is 0 Å². The van der Waals surface area contributed by atoms with Gasteiger partial charge in [-0.25, -0.2) is 9.78 Å². The van der Waals surface area contributed by atoms with Gasteiger partial charge in [-0.05, 0) is 6.92 Å². The van der Waals surface area contributed by atoms with Crippen molar-refractivity contribution in [2.75, 3.05) is 39.4 Å². The first-order chi connectivity index (χ1) is 10.0. The molecule has 0 aliphatic carbocycles. The van der Waals surface area contributed by atoms with Gasteiger partial charge in [0.15, 0.2) is 0 Å². The number of aryl methyl sites for hydroxylation is 1. The summed E-state index contributed by atoms with van der Waals surface area (Å²) in [5, 5.41) is 11.6. The van der Waals surface area contributed by atoms with Crippen LogP contribution in [0.15, 0.2) is 5.38 Å². The number of hydrogen-bond acceptors (Lipinski definition) is 6. The SMILES string of the molecule is Cc1nc(CN2CCN(C(=O)COCC(=O)O)CC2)cs1. The molecule has 1 saturated heterocycles. The van der Waals surface area contributed by atoms with Crippen LogP contribution in [0, 0.1) is 6.92 Å². The topological polar surface area (TPSA) is 83.0 Å². The third kappa shape index (κ3) is 5.07. The van der Waals surface area contributed by atoms with E-state index in [2.05, 4.69) is 15.3 Å². The highest BCUT2D eigenvalue weighted by atomic mass is 32.1. The predicted octanol–water partition coefficient (Wildman–Crippen LogP) is 0.197. The Morgan fingerprint density at radius 3 is 2.62 bits per heavy atom. The largest absolute Gasteiger partial charge is 0.480 e. The van der Waals surface area contributed by atoms with Gasteiger partial charge in [-0.15, -0.1) is 11.3 Å². The maximum absolute atomic E-state index is 11.8. The van der Waals surface area contributed by atoms with Gasteiger partial charge in [-0.3, -0.25) is 9.69 Å². The number of aliphatic carboxylic acids is 1. The van der Waals surface area contributed by atoms with Gasteiger partial charge in [-0.2, -0.15) is 0 Å². The summed E-state index contributed by atoms with van der Waals surface area (Å²) in [7, 11) is 0. The zero-order chi connectivity index (χ0) is 15.2. The average Bonchev–Trinajstić information content (AvgIpc) is 2.84. The molecule has 8 heteroatoms. The first-order valence-electron chi connectivity index (χ1n) is 6.75. The van der Waals surface area contributed by atoms with Crippen LogP contribution in [0.1, 0.15) is 10.7 Å². The van der Waals surface area contributed by atoms with Crippen molar-refractivity contribution in [3.8, 4) is 0 Å². The van der Waals surface area contributed by atoms with Crippen LogP contribution < -0.4 is 0 Å². The number of aromatic nitrogens is 1. The van der Waals surface area contributed by atoms with Gasteiger partial charge in [-0.1, -0.05) is 0 Å². The van der Waals surface area contributed by atoms with Crippen LogP contribution in [0.5, 0.6) is 0 Å². The van der Waals surface area contributed by atoms with Gasteiger partial charge in [0.25, 0.3) is 0 Å². The van der Waals surface area contributed by atoms with Crippen molar-refractivity contribution >= 4 is 23.2 Å². The summed E-state index contributed by atoms with van der Waals surface area (Å²) in [6.45, 7) is 5.05. The van der Waals surface area contributed by atoms with Gasteiger partial charge in [0.1, 0.15) is 13.2 Å². The number of hydrogen-bond donors (Lipinski definition) is 1. The lowest BCUT2D eigenvalue weighted by molar-refractivity contribution is -0.146. The molecule has 1 aromatic rings. The molecular formula is C13H19N3O4S. The van der Waals surface area contributed by atoms with Crippen molar-refractivity contribution in [3.05, 3.63) is 16.1 Å². The van der Waals surface area contributed by atoms with Crippen LogP contribution in [0.25, 0.3) is 0 Å². The van der Waals surface area contributed by atoms with Crippen LogP contribution >= 0.6 is 11.3 Å². The number of carbonyl (C=O) groups excluding carboxylic acids is 1. The standard InChI is InChI=1S/C13H19N3O4S/c1-10-14-11(9-21-10)6-15-2-4-16(5-3-15)12(17)7-20-8-13(18)19/h9H,2-8H2,1H3,(H,18,19). The van der Waals surface area contributed by atoms with E-state index in [0.717, 1.165) is 30.3 Å². The van der Waals surface area contributed by atoms with Gasteiger partial charge in [0, 0.05) is 38.1 Å². The fourth-order valence-electron chi connectivity index (χ4n) is 2.18. The van der Waals surface area contributed by atoms with E-state index in [9.17, 15) is 9.59 Å². The molecule has 0 bridgehead atoms. The first-order valence-corrected chi connectivity index (χ1v) is 7.63. The molecule has 0 aromatic carbocycles. The van der Waals surface area contributed by atoms with Crippen molar-refractivity contribution in [1.82, 2.24) is 14.8 Å². The third-order valence-electron chi connectivity index (χ3n) is 3.23. The summed E-state index contributed by atoms with van der Waals surface area (Å²) in [6.07, 6.45) is 0. The van der Waals surface area contributed by atoms with E-state index >= 15 is 0 Å². The Morgan fingerprint density at radius 2 is 2.05 bits per heavy atom. The molecule has 0 spiro atoms. The Labute approximate surface area is 127 Å². The summed E-state index contributed by atoms with van der Waals surface area (Å²) >= 11 is 1.64. The predicted molar refractivity (Wildman–Crippen MR) is 77.2 cm³/mol. The number of nitrogens with zero attached hydrogens (tertiary/aromatic N) is 3. The molecule has 0 saturated carbocycles. The summed E-state index contributed by atoms with van der Waals surface area (Å²) in [5.41, 5.74) is 1.07. The molecule has 0 atom stereocenters. The van der Waals surface area contributed by atoms with E-state index in [4.69, 9.17) is 9.84 Å². The molecule has 1 aliphatic heterocycles. The number of carbonyl (C=O) groups is 2. The lowest BCUT2D eigenvalue weighted by atomic mass is 10.3. The third-order valence-corrected chi connectivity index (χ3v) is 4.05. The van der Waals surface area contributed by atoms with E-state index < -0.39 is 12.6 Å². The van der Waals surface area contributed by atoms with E-state index in [-0.39, 0.29) is 12.5 Å². The summed E-state index contributed by atoms with van der Waals surface area (Å²) in [5.74, 6) is -1.22. The molecule has 1 aliphatic rings. The maximum Gasteiger partial charge on any atom is 0.329 e. The number of piperazine rings is 1. The van der Waals surface area contributed by atoms with Crippen LogP contribution in [-0.4, -0.2) is 71.2 Å². The highest BCUT2D eigenvalue weighted by Gasteiger charge is 2.21. The van der Waals surface area contributed by atoms with Crippen molar-refractivity contribution < 1.29 is 19.4 Å². The van der Waals surface area contributed by atoms with Crippen molar-refractivity contribution in [3.63, 3.8) is 0 Å². The summed E-state index contributed by atoms with van der Waals surface area (Å²) in [6, 6.07) is 0. The molecular weight excluding hydrogens is 294 g/mol. The molecule has 2 rings (SSSR count). The van der Waals surface area contributed by atoms with Gasteiger partial charge < -0.3 is 14.7 Å². The Hall–Kier alpha value is -1.51. The smallest absolute Gasteiger partial charge is 0.329 e. The van der Waals surface area contributed by atoms with Crippen molar-refractivity contribution in [2.24, 2.45) is 0 Å². The minimum Gasteiger partial charge on any atom is -0.480 e. The quantitative estimate of drug-likeness (QED) is 0.807. The van der Waals surface area contributed by atoms with Crippen molar-refractivity contribution in [2.45, 2.75) is 13.5 Å². The lowest BCUT2D eigenvalue weighted by Gasteiger charge is -2.34. The number of carboxylic acid groups (broad SMARTS) is 1. The van der Waals surface area contributed by atoms with E-state index in [1.54, 1.807) is 16.2 Å². The van der Waals surface area contributed by atoms with E-state index in [1.165, 1.54) is 0 Å². The molecule has 0 radical (unpaired) electrons. The fraction of sp³-hybridized carbons (Fsp3) is 0.615. The Morgan fingerprint density at radius 1 is 1.33 bits per heavy atom. The second-order valence-electron chi connectivity index (χ2n) is 4.90. The molecule has 116 valence electrons. The summed E-state index contributed by atoms with van der Waals surface area (Å²) < 4.78 is 4.82. The van der Waals surface area contributed by atoms with Gasteiger partial charge >= 0.3 is 5.97 Å². The number of ether oxygens (including phenoxy) is 1. The molecule has 1 fully saturated rings. The normalized spacial score (nSPS) is 16.1. The average molecular weight is 313 g/mol. The molecule has 0 unspecified atom stereocenters. The first kappa shape index (κ1) is 15.9. The van der Waals surface area contributed by atoms with Gasteiger partial charge in [0.05, 0.1) is 10.7 Å². The van der Waals surface area contributed by atoms with E-state index in [1.807, 2.05) is 6.92 Å². The fourth-order valence-corrected chi connectivity index (χ4v) is 2.79. The monoisotopic (exact) mass is 313 g/mol. The van der Waals surface area contributed by atoms with Crippen molar-refractivity contribution in [1.29, 1.82) is 0 Å². The molecule has 1 N–H and O–H groups in total. The second kappa shape index (κ2) is 7.48. The number of amides is 1. The van der Waals surface area contributed by atoms with Crippen LogP contribution in [-0.2, 0) is 20.9 Å². The number of carboxylic acids is 1. The zero-order valence-corrected chi connectivity index (χ0v) is 12.8. The maximum atomic E-state index is 11.8. The minimum absolute atomic E-state index is 0.152. The van der Waals surface area contributed by atoms with Crippen LogP contribution in [0.3, 0.4) is 0 Å². The van der Waals surface area contributed by atoms with Crippen LogP contribution in [0.4, 0.5) is 0 Å². The number of rotatable bonds is 6. The Bertz CT molecular complexity index is 497. The molecule has 1 aromatic heterocycles. The van der Waals surface area contributed by atoms with Gasteiger partial charge in [0.2, 0.25) is 5.91 Å². The Kier molecular flexibility index (Phi) is 5.66. The molecule has 2 heterocycles. The molecule has 7 nitrogen and oxygen atoms in total. The molecule has 21 heavy (non-hydrogen) atoms. The minimum atomic E-state index is -1.06. The highest BCUT2D eigenvalue weighted by Crippen LogP contribution is 2.12. The molecule has 1 amide bonds. The number of thiazole rings is 1. The zero-order valence-electron chi connectivity index (χ0n) is 11.9. The lowest BCUT2D eigenvalue weighted by Crippen LogP contribution is -2.49. The van der Waals surface area contributed by atoms with E-state index in [0.29, 0.717) is 13.1 Å². The summed E-state index contributed by atoms with van der Waals surface area (Å²) in [4.78, 5) is 30.6. The Balaban J connectivity index is 1.70. The second-order valence-corrected chi connectivity index (χ2v) is 5.96.